The van der Waals surface area contributed by atoms with Crippen LogP contribution in [0.5, 0.6) is 5.75 Å². The lowest BCUT2D eigenvalue weighted by Gasteiger charge is -2.29. The van der Waals surface area contributed by atoms with Gasteiger partial charge in [-0.1, -0.05) is 0 Å². The molecule has 0 spiro atoms. The first-order valence-electron chi connectivity index (χ1n) is 9.27. The van der Waals surface area contributed by atoms with E-state index in [4.69, 9.17) is 4.74 Å². The summed E-state index contributed by atoms with van der Waals surface area (Å²) in [4.78, 5) is 14.3. The number of hydrogen-bond donors (Lipinski definition) is 1. The van der Waals surface area contributed by atoms with Gasteiger partial charge in [0.05, 0.1) is 13.2 Å². The highest BCUT2D eigenvalue weighted by molar-refractivity contribution is 6.00. The van der Waals surface area contributed by atoms with E-state index in [9.17, 15) is 9.90 Å². The van der Waals surface area contributed by atoms with Crippen molar-refractivity contribution in [2.24, 2.45) is 0 Å². The Kier molecular flexibility index (Phi) is 4.52. The zero-order chi connectivity index (χ0) is 17.4. The quantitative estimate of drug-likeness (QED) is 0.820. The third-order valence-electron chi connectivity index (χ3n) is 5.63. The van der Waals surface area contributed by atoms with Gasteiger partial charge in [-0.2, -0.15) is 0 Å². The van der Waals surface area contributed by atoms with Crippen LogP contribution in [0.1, 0.15) is 47.7 Å². The van der Waals surface area contributed by atoms with Gasteiger partial charge in [0.2, 0.25) is 0 Å². The minimum Gasteiger partial charge on any atom is -0.497 e. The van der Waals surface area contributed by atoms with Gasteiger partial charge in [0.1, 0.15) is 5.75 Å². The number of hydrogen-bond acceptors (Lipinski definition) is 4. The predicted octanol–water partition coefficient (Wildman–Crippen LogP) is 2.80. The van der Waals surface area contributed by atoms with Crippen LogP contribution in [0.4, 0.5) is 0 Å². The van der Waals surface area contributed by atoms with Crippen molar-refractivity contribution in [2.45, 2.75) is 44.2 Å². The number of carbonyl (C=O) groups excluding carboxylic acids is 1. The Labute approximate surface area is 148 Å². The normalized spacial score (nSPS) is 19.4. The molecule has 1 saturated carbocycles. The summed E-state index contributed by atoms with van der Waals surface area (Å²) in [7, 11) is 1.66. The predicted molar refractivity (Wildman–Crippen MR) is 97.5 cm³/mol. The van der Waals surface area contributed by atoms with Gasteiger partial charge >= 0.3 is 0 Å². The number of aliphatic hydroxyl groups is 1. The van der Waals surface area contributed by atoms with E-state index in [0.717, 1.165) is 67.5 Å². The van der Waals surface area contributed by atoms with Gasteiger partial charge in [-0.15, -0.1) is 0 Å². The van der Waals surface area contributed by atoms with Gasteiger partial charge < -0.3 is 19.3 Å². The fraction of sp³-hybridized carbons (Fsp3) is 0.550. The lowest BCUT2D eigenvalue weighted by Crippen LogP contribution is -2.37. The van der Waals surface area contributed by atoms with E-state index in [-0.39, 0.29) is 6.10 Å². The number of fused-ring (bicyclic) bond motifs is 1. The van der Waals surface area contributed by atoms with E-state index in [0.29, 0.717) is 5.92 Å². The number of aromatic nitrogens is 1. The van der Waals surface area contributed by atoms with Crippen molar-refractivity contribution in [2.75, 3.05) is 26.7 Å². The molecule has 1 saturated heterocycles. The van der Waals surface area contributed by atoms with Crippen LogP contribution in [-0.4, -0.2) is 53.7 Å². The summed E-state index contributed by atoms with van der Waals surface area (Å²) in [5, 5.41) is 10.7. The van der Waals surface area contributed by atoms with Crippen LogP contribution in [0.3, 0.4) is 0 Å². The first kappa shape index (κ1) is 16.6. The van der Waals surface area contributed by atoms with Crippen LogP contribution in [0.25, 0.3) is 10.9 Å². The molecule has 2 heterocycles. The molecule has 0 unspecified atom stereocenters. The van der Waals surface area contributed by atoms with Crippen molar-refractivity contribution in [1.29, 1.82) is 0 Å². The van der Waals surface area contributed by atoms with E-state index in [2.05, 4.69) is 15.5 Å². The smallest absolute Gasteiger partial charge is 0.152 e. The summed E-state index contributed by atoms with van der Waals surface area (Å²) in [6.45, 7) is 3.75. The highest BCUT2D eigenvalue weighted by atomic mass is 16.5. The maximum Gasteiger partial charge on any atom is 0.152 e. The monoisotopic (exact) mass is 342 g/mol. The summed E-state index contributed by atoms with van der Waals surface area (Å²) < 4.78 is 7.70. The molecule has 5 heteroatoms. The second-order valence-electron chi connectivity index (χ2n) is 7.30. The molecule has 5 nitrogen and oxygen atoms in total. The molecule has 1 N–H and O–H groups in total. The summed E-state index contributed by atoms with van der Waals surface area (Å²) in [5.41, 5.74) is 3.17. The summed E-state index contributed by atoms with van der Waals surface area (Å²) >= 11 is 0. The standard InChI is InChI=1S/C20H26N2O3/c1-25-16-4-5-19-17(12-16)18(13-23)20(14-2-3-14)22(19)11-10-21-8-6-15(24)7-9-21/h4-5,12-15,24H,2-3,6-11H2,1H3. The van der Waals surface area contributed by atoms with Crippen molar-refractivity contribution in [3.05, 3.63) is 29.5 Å². The lowest BCUT2D eigenvalue weighted by atomic mass is 10.1. The molecule has 1 aliphatic carbocycles. The molecule has 2 aromatic rings. The molecule has 1 aromatic heterocycles. The first-order chi connectivity index (χ1) is 12.2. The average molecular weight is 342 g/mol. The zero-order valence-electron chi connectivity index (χ0n) is 14.8. The molecule has 134 valence electrons. The zero-order valence-corrected chi connectivity index (χ0v) is 14.8. The Balaban J connectivity index is 1.66. The van der Waals surface area contributed by atoms with Crippen molar-refractivity contribution in [3.63, 3.8) is 0 Å². The Hall–Kier alpha value is -1.85. The van der Waals surface area contributed by atoms with Gasteiger partial charge in [-0.25, -0.2) is 0 Å². The Morgan fingerprint density at radius 3 is 2.60 bits per heavy atom. The van der Waals surface area contributed by atoms with Gasteiger partial charge in [0.15, 0.2) is 6.29 Å². The van der Waals surface area contributed by atoms with Crippen molar-refractivity contribution in [3.8, 4) is 5.75 Å². The molecular formula is C20H26N2O3. The van der Waals surface area contributed by atoms with E-state index >= 15 is 0 Å². The van der Waals surface area contributed by atoms with Crippen molar-refractivity contribution in [1.82, 2.24) is 9.47 Å². The number of benzene rings is 1. The van der Waals surface area contributed by atoms with Crippen LogP contribution < -0.4 is 4.74 Å². The van der Waals surface area contributed by atoms with Crippen LogP contribution in [0, 0.1) is 0 Å². The fourth-order valence-corrected chi connectivity index (χ4v) is 4.05. The lowest BCUT2D eigenvalue weighted by molar-refractivity contribution is 0.0810. The van der Waals surface area contributed by atoms with Gasteiger partial charge in [-0.05, 0) is 49.8 Å². The van der Waals surface area contributed by atoms with Gasteiger partial charge in [-0.3, -0.25) is 4.79 Å². The molecule has 1 aromatic carbocycles. The fourth-order valence-electron chi connectivity index (χ4n) is 4.05. The third kappa shape index (κ3) is 3.18. The number of nitrogens with zero attached hydrogens (tertiary/aromatic N) is 2. The number of carbonyl (C=O) groups is 1. The molecule has 4 rings (SSSR count). The minimum absolute atomic E-state index is 0.139. The molecule has 2 fully saturated rings. The van der Waals surface area contributed by atoms with Crippen molar-refractivity contribution < 1.29 is 14.6 Å². The Morgan fingerprint density at radius 2 is 1.96 bits per heavy atom. The molecular weight excluding hydrogens is 316 g/mol. The molecule has 1 aliphatic heterocycles. The second kappa shape index (κ2) is 6.81. The number of aldehydes is 1. The molecule has 25 heavy (non-hydrogen) atoms. The molecule has 2 aliphatic rings. The number of rotatable bonds is 6. The van der Waals surface area contributed by atoms with Gasteiger partial charge in [0, 0.05) is 48.3 Å². The first-order valence-corrected chi connectivity index (χ1v) is 9.27. The number of methoxy groups -OCH3 is 1. The highest BCUT2D eigenvalue weighted by Crippen LogP contribution is 2.45. The second-order valence-corrected chi connectivity index (χ2v) is 7.30. The van der Waals surface area contributed by atoms with Crippen molar-refractivity contribution >= 4 is 17.2 Å². The van der Waals surface area contributed by atoms with Crippen LogP contribution in [0.15, 0.2) is 18.2 Å². The molecule has 0 bridgehead atoms. The number of piperidine rings is 1. The summed E-state index contributed by atoms with van der Waals surface area (Å²) in [6.07, 6.45) is 4.94. The van der Waals surface area contributed by atoms with Crippen LogP contribution in [0.2, 0.25) is 0 Å². The van der Waals surface area contributed by atoms with E-state index in [1.165, 1.54) is 18.5 Å². The van der Waals surface area contributed by atoms with E-state index in [1.54, 1.807) is 7.11 Å². The topological polar surface area (TPSA) is 54.7 Å². The van der Waals surface area contributed by atoms with E-state index < -0.39 is 0 Å². The largest absolute Gasteiger partial charge is 0.497 e. The summed E-state index contributed by atoms with van der Waals surface area (Å²) in [5.74, 6) is 1.31. The highest BCUT2D eigenvalue weighted by Gasteiger charge is 2.32. The molecule has 0 radical (unpaired) electrons. The maximum atomic E-state index is 11.8. The summed E-state index contributed by atoms with van der Waals surface area (Å²) in [6, 6.07) is 6.03. The number of ether oxygens (including phenoxy) is 1. The Bertz CT molecular complexity index is 771. The SMILES string of the molecule is COc1ccc2c(c1)c(C=O)c(C1CC1)n2CCN1CCC(O)CC1. The van der Waals surface area contributed by atoms with Crippen LogP contribution >= 0.6 is 0 Å². The maximum absolute atomic E-state index is 11.8. The average Bonchev–Trinajstić information content (AvgIpc) is 3.43. The van der Waals surface area contributed by atoms with Crippen LogP contribution in [-0.2, 0) is 6.54 Å². The molecule has 0 atom stereocenters. The molecule has 0 amide bonds. The van der Waals surface area contributed by atoms with E-state index in [1.807, 2.05) is 12.1 Å². The number of likely N-dealkylation sites (tertiary alicyclic amines) is 1. The number of aliphatic hydroxyl groups excluding tert-OH is 1. The Morgan fingerprint density at radius 1 is 1.20 bits per heavy atom. The van der Waals surface area contributed by atoms with Gasteiger partial charge in [0.25, 0.3) is 0 Å². The minimum atomic E-state index is -0.139. The third-order valence-corrected chi connectivity index (χ3v) is 5.63.